The summed E-state index contributed by atoms with van der Waals surface area (Å²) >= 11 is 5.80. The maximum absolute atomic E-state index is 12.3. The Balaban J connectivity index is 2.25. The van der Waals surface area contributed by atoms with Crippen LogP contribution in [0.3, 0.4) is 0 Å². The second kappa shape index (κ2) is 4.97. The zero-order chi connectivity index (χ0) is 13.3. The molecule has 4 nitrogen and oxygen atoms in total. The van der Waals surface area contributed by atoms with Gasteiger partial charge in [-0.25, -0.2) is 4.79 Å². The molecule has 0 saturated heterocycles. The second-order valence-electron chi connectivity index (χ2n) is 3.97. The minimum Gasteiger partial charge on any atom is -0.465 e. The highest BCUT2D eigenvalue weighted by atomic mass is 35.5. The first-order valence-corrected chi connectivity index (χ1v) is 5.59. The highest BCUT2D eigenvalue weighted by Crippen LogP contribution is 2.34. The number of rotatable bonds is 3. The third kappa shape index (κ3) is 2.81. The van der Waals surface area contributed by atoms with E-state index < -0.39 is 12.7 Å². The summed E-state index contributed by atoms with van der Waals surface area (Å²) in [6, 6.07) is 2.62. The summed E-state index contributed by atoms with van der Waals surface area (Å²) in [4.78, 5) is 10.5. The molecule has 18 heavy (non-hydrogen) atoms. The average Bonchev–Trinajstić information content (AvgIpc) is 2.57. The molecule has 0 fully saturated rings. The number of ether oxygens (including phenoxy) is 1. The van der Waals surface area contributed by atoms with Crippen LogP contribution in [0.25, 0.3) is 0 Å². The lowest BCUT2D eigenvalue weighted by Crippen LogP contribution is -2.33. The summed E-state index contributed by atoms with van der Waals surface area (Å²) in [5.74, 6) is 0.0159. The zero-order valence-corrected chi connectivity index (χ0v) is 9.88. The van der Waals surface area contributed by atoms with E-state index in [-0.39, 0.29) is 11.8 Å². The Morgan fingerprint density at radius 2 is 2.22 bits per heavy atom. The van der Waals surface area contributed by atoms with Gasteiger partial charge in [-0.05, 0) is 36.1 Å². The molecule has 1 aromatic carbocycles. The van der Waals surface area contributed by atoms with E-state index >= 15 is 0 Å². The molecule has 1 unspecified atom stereocenters. The fourth-order valence-electron chi connectivity index (χ4n) is 2.14. The van der Waals surface area contributed by atoms with E-state index in [0.717, 1.165) is 5.56 Å². The van der Waals surface area contributed by atoms with Crippen LogP contribution in [0.2, 0.25) is 5.02 Å². The topological polar surface area (TPSA) is 58.6 Å². The number of carboxylic acid groups (broad SMARTS) is 1. The molecule has 1 amide bonds. The van der Waals surface area contributed by atoms with Crippen molar-refractivity contribution in [3.63, 3.8) is 0 Å². The monoisotopic (exact) mass is 277 g/mol. The molecule has 0 saturated carbocycles. The molecular weight excluding hydrogens is 268 g/mol. The Labute approximate surface area is 107 Å². The Hall–Kier alpha value is -1.56. The van der Waals surface area contributed by atoms with E-state index in [1.54, 1.807) is 6.07 Å². The minimum atomic E-state index is -2.93. The number of benzene rings is 1. The van der Waals surface area contributed by atoms with Gasteiger partial charge in [0.25, 0.3) is 0 Å². The molecule has 0 radical (unpaired) electrons. The van der Waals surface area contributed by atoms with Crippen molar-refractivity contribution in [3.05, 3.63) is 28.3 Å². The van der Waals surface area contributed by atoms with Crippen molar-refractivity contribution in [2.75, 3.05) is 0 Å². The number of nitrogens with one attached hydrogen (secondary N) is 1. The molecule has 2 N–H and O–H groups in total. The van der Waals surface area contributed by atoms with Crippen LogP contribution in [0.4, 0.5) is 13.6 Å². The molecule has 0 heterocycles. The van der Waals surface area contributed by atoms with Crippen LogP contribution in [-0.4, -0.2) is 23.9 Å². The Morgan fingerprint density at radius 3 is 2.83 bits per heavy atom. The summed E-state index contributed by atoms with van der Waals surface area (Å²) in [5, 5.41) is 11.2. The van der Waals surface area contributed by atoms with Crippen LogP contribution in [0, 0.1) is 0 Å². The molecule has 2 rings (SSSR count). The van der Waals surface area contributed by atoms with Gasteiger partial charge in [0.1, 0.15) is 5.75 Å². The average molecular weight is 278 g/mol. The molecule has 0 aromatic heterocycles. The lowest BCUT2D eigenvalue weighted by molar-refractivity contribution is -0.0504. The molecule has 98 valence electrons. The maximum Gasteiger partial charge on any atom is 0.404 e. The quantitative estimate of drug-likeness (QED) is 0.893. The van der Waals surface area contributed by atoms with E-state index in [1.807, 2.05) is 0 Å². The van der Waals surface area contributed by atoms with Gasteiger partial charge in [0.05, 0.1) is 0 Å². The summed E-state index contributed by atoms with van der Waals surface area (Å²) in [5.41, 5.74) is 1.32. The molecule has 0 spiro atoms. The summed E-state index contributed by atoms with van der Waals surface area (Å²) < 4.78 is 28.9. The van der Waals surface area contributed by atoms with Crippen molar-refractivity contribution in [1.82, 2.24) is 5.32 Å². The third-order valence-electron chi connectivity index (χ3n) is 2.73. The molecule has 1 aliphatic carbocycles. The predicted octanol–water partition coefficient (Wildman–Crippen LogP) is 2.68. The third-order valence-corrected chi connectivity index (χ3v) is 2.94. The number of carbonyl (C=O) groups is 1. The van der Waals surface area contributed by atoms with E-state index in [9.17, 15) is 13.6 Å². The number of halogens is 3. The molecule has 0 aliphatic heterocycles. The van der Waals surface area contributed by atoms with Crippen molar-refractivity contribution in [1.29, 1.82) is 0 Å². The highest BCUT2D eigenvalue weighted by molar-refractivity contribution is 6.30. The van der Waals surface area contributed by atoms with Crippen LogP contribution < -0.4 is 10.1 Å². The Morgan fingerprint density at radius 1 is 1.50 bits per heavy atom. The first-order valence-electron chi connectivity index (χ1n) is 5.21. The van der Waals surface area contributed by atoms with Gasteiger partial charge in [0.15, 0.2) is 0 Å². The van der Waals surface area contributed by atoms with E-state index in [0.29, 0.717) is 23.4 Å². The van der Waals surface area contributed by atoms with Gasteiger partial charge in [0, 0.05) is 11.1 Å². The van der Waals surface area contributed by atoms with Crippen molar-refractivity contribution in [2.24, 2.45) is 0 Å². The van der Waals surface area contributed by atoms with Crippen LogP contribution in [0.1, 0.15) is 11.1 Å². The summed E-state index contributed by atoms with van der Waals surface area (Å²) in [7, 11) is 0. The van der Waals surface area contributed by atoms with Gasteiger partial charge < -0.3 is 15.2 Å². The first-order chi connectivity index (χ1) is 8.45. The smallest absolute Gasteiger partial charge is 0.404 e. The van der Waals surface area contributed by atoms with Crippen molar-refractivity contribution in [2.45, 2.75) is 25.5 Å². The van der Waals surface area contributed by atoms with Crippen molar-refractivity contribution >= 4 is 17.7 Å². The van der Waals surface area contributed by atoms with E-state index in [1.165, 1.54) is 6.07 Å². The lowest BCUT2D eigenvalue weighted by Gasteiger charge is -2.10. The fourth-order valence-corrected chi connectivity index (χ4v) is 2.37. The number of hydrogen-bond acceptors (Lipinski definition) is 2. The van der Waals surface area contributed by atoms with Crippen LogP contribution in [0.5, 0.6) is 5.75 Å². The van der Waals surface area contributed by atoms with Gasteiger partial charge in [-0.1, -0.05) is 11.6 Å². The largest absolute Gasteiger partial charge is 0.465 e. The van der Waals surface area contributed by atoms with Crippen molar-refractivity contribution < 1.29 is 23.4 Å². The summed E-state index contributed by atoms with van der Waals surface area (Å²) in [6.45, 7) is -2.93. The van der Waals surface area contributed by atoms with Crippen LogP contribution in [0.15, 0.2) is 12.1 Å². The van der Waals surface area contributed by atoms with Gasteiger partial charge in [-0.3, -0.25) is 0 Å². The molecule has 1 aromatic rings. The second-order valence-corrected chi connectivity index (χ2v) is 4.41. The highest BCUT2D eigenvalue weighted by Gasteiger charge is 2.27. The number of hydrogen-bond donors (Lipinski definition) is 2. The van der Waals surface area contributed by atoms with E-state index in [2.05, 4.69) is 10.1 Å². The molecule has 1 aliphatic rings. The van der Waals surface area contributed by atoms with Gasteiger partial charge in [-0.15, -0.1) is 0 Å². The molecule has 0 bridgehead atoms. The molecule has 1 atom stereocenters. The molecule has 7 heteroatoms. The minimum absolute atomic E-state index is 0.0159. The Bertz CT molecular complexity index is 482. The van der Waals surface area contributed by atoms with E-state index in [4.69, 9.17) is 16.7 Å². The standard InChI is InChI=1S/C11H10ClF2NO3/c12-6-1-5-2-7(15-11(16)17)4-8(5)9(3-6)18-10(13)14/h1,3,7,10,15H,2,4H2,(H,16,17). The maximum atomic E-state index is 12.3. The first kappa shape index (κ1) is 12.9. The Kier molecular flexibility index (Phi) is 3.56. The normalized spacial score (nSPS) is 17.7. The van der Waals surface area contributed by atoms with Gasteiger partial charge in [-0.2, -0.15) is 8.78 Å². The number of amides is 1. The lowest BCUT2D eigenvalue weighted by atomic mass is 10.1. The SMILES string of the molecule is O=C(O)NC1Cc2cc(Cl)cc(OC(F)F)c2C1. The van der Waals surface area contributed by atoms with Crippen molar-refractivity contribution in [3.8, 4) is 5.75 Å². The molecular formula is C11H10ClF2NO3. The summed E-state index contributed by atoms with van der Waals surface area (Å²) in [6.07, 6.45) is -0.405. The number of alkyl halides is 2. The van der Waals surface area contributed by atoms with Gasteiger partial charge >= 0.3 is 12.7 Å². The van der Waals surface area contributed by atoms with Crippen LogP contribution >= 0.6 is 11.6 Å². The number of fused-ring (bicyclic) bond motifs is 1. The predicted molar refractivity (Wildman–Crippen MR) is 60.4 cm³/mol. The zero-order valence-electron chi connectivity index (χ0n) is 9.12. The van der Waals surface area contributed by atoms with Gasteiger partial charge in [0.2, 0.25) is 0 Å². The fraction of sp³-hybridized carbons (Fsp3) is 0.364. The van der Waals surface area contributed by atoms with Crippen LogP contribution in [-0.2, 0) is 12.8 Å².